The summed E-state index contributed by atoms with van der Waals surface area (Å²) in [7, 11) is 0. The van der Waals surface area contributed by atoms with E-state index in [1.54, 1.807) is 22.7 Å². The molecule has 0 amide bonds. The average molecular weight is 268 g/mol. The quantitative estimate of drug-likeness (QED) is 0.871. The number of carboxylic acids is 1. The SMILES string of the molecule is NC(CCc1nc(-c2cccs2)cs1)C(=O)O. The monoisotopic (exact) mass is 268 g/mol. The van der Waals surface area contributed by atoms with Crippen molar-refractivity contribution in [3.63, 3.8) is 0 Å². The second-order valence-electron chi connectivity index (χ2n) is 3.59. The van der Waals surface area contributed by atoms with Gasteiger partial charge in [-0.1, -0.05) is 6.07 Å². The van der Waals surface area contributed by atoms with Gasteiger partial charge in [-0.2, -0.15) is 0 Å². The minimum absolute atomic E-state index is 0.423. The van der Waals surface area contributed by atoms with Crippen LogP contribution in [0.15, 0.2) is 22.9 Å². The smallest absolute Gasteiger partial charge is 0.320 e. The highest BCUT2D eigenvalue weighted by molar-refractivity contribution is 7.14. The predicted molar refractivity (Wildman–Crippen MR) is 69.4 cm³/mol. The van der Waals surface area contributed by atoms with Crippen LogP contribution in [0.25, 0.3) is 10.6 Å². The number of hydrogen-bond acceptors (Lipinski definition) is 5. The van der Waals surface area contributed by atoms with Crippen LogP contribution in [0.1, 0.15) is 11.4 Å². The summed E-state index contributed by atoms with van der Waals surface area (Å²) in [5, 5.41) is 13.6. The predicted octanol–water partition coefficient (Wildman–Crippen LogP) is 2.22. The van der Waals surface area contributed by atoms with Gasteiger partial charge in [0.15, 0.2) is 0 Å². The molecule has 0 spiro atoms. The summed E-state index contributed by atoms with van der Waals surface area (Å²) < 4.78 is 0. The third kappa shape index (κ3) is 3.12. The molecular weight excluding hydrogens is 256 g/mol. The zero-order chi connectivity index (χ0) is 12.3. The van der Waals surface area contributed by atoms with Crippen molar-refractivity contribution in [2.45, 2.75) is 18.9 Å². The molecule has 2 aromatic rings. The summed E-state index contributed by atoms with van der Waals surface area (Å²) in [5.74, 6) is -0.958. The topological polar surface area (TPSA) is 76.2 Å². The van der Waals surface area contributed by atoms with E-state index in [0.717, 1.165) is 15.6 Å². The van der Waals surface area contributed by atoms with Gasteiger partial charge in [0.1, 0.15) is 6.04 Å². The molecule has 0 aliphatic rings. The van der Waals surface area contributed by atoms with E-state index in [2.05, 4.69) is 4.98 Å². The van der Waals surface area contributed by atoms with Crippen LogP contribution in [0.5, 0.6) is 0 Å². The fourth-order valence-electron chi connectivity index (χ4n) is 1.37. The number of aromatic nitrogens is 1. The molecule has 0 aliphatic carbocycles. The maximum atomic E-state index is 10.6. The standard InChI is InChI=1S/C11H12N2O2S2/c12-7(11(14)15)3-4-10-13-8(6-17-10)9-2-1-5-16-9/h1-2,5-7H,3-4,12H2,(H,14,15). The van der Waals surface area contributed by atoms with E-state index in [1.807, 2.05) is 22.9 Å². The lowest BCUT2D eigenvalue weighted by Crippen LogP contribution is -2.30. The van der Waals surface area contributed by atoms with Gasteiger partial charge in [-0.05, 0) is 17.9 Å². The molecule has 1 atom stereocenters. The first-order valence-electron chi connectivity index (χ1n) is 5.13. The van der Waals surface area contributed by atoms with E-state index in [9.17, 15) is 4.79 Å². The third-order valence-electron chi connectivity index (χ3n) is 2.31. The Morgan fingerprint density at radius 3 is 3.00 bits per heavy atom. The second kappa shape index (κ2) is 5.39. The zero-order valence-electron chi connectivity index (χ0n) is 9.00. The molecule has 3 N–H and O–H groups in total. The van der Waals surface area contributed by atoms with Crippen molar-refractivity contribution < 1.29 is 9.90 Å². The van der Waals surface area contributed by atoms with Crippen LogP contribution in [-0.4, -0.2) is 22.1 Å². The van der Waals surface area contributed by atoms with Gasteiger partial charge in [0.25, 0.3) is 0 Å². The van der Waals surface area contributed by atoms with E-state index in [1.165, 1.54) is 0 Å². The molecule has 17 heavy (non-hydrogen) atoms. The van der Waals surface area contributed by atoms with Gasteiger partial charge in [0, 0.05) is 11.8 Å². The Balaban J connectivity index is 1.97. The number of nitrogens with zero attached hydrogens (tertiary/aromatic N) is 1. The van der Waals surface area contributed by atoms with E-state index in [4.69, 9.17) is 10.8 Å². The van der Waals surface area contributed by atoms with Gasteiger partial charge >= 0.3 is 5.97 Å². The number of aryl methyl sites for hydroxylation is 1. The van der Waals surface area contributed by atoms with Crippen LogP contribution < -0.4 is 5.73 Å². The minimum atomic E-state index is -0.958. The number of rotatable bonds is 5. The molecule has 6 heteroatoms. The van der Waals surface area contributed by atoms with Gasteiger partial charge < -0.3 is 10.8 Å². The molecule has 0 aliphatic heterocycles. The van der Waals surface area contributed by atoms with Crippen LogP contribution in [0.2, 0.25) is 0 Å². The third-order valence-corrected chi connectivity index (χ3v) is 4.11. The van der Waals surface area contributed by atoms with E-state index >= 15 is 0 Å². The Morgan fingerprint density at radius 1 is 1.53 bits per heavy atom. The Kier molecular flexibility index (Phi) is 3.88. The maximum absolute atomic E-state index is 10.6. The van der Waals surface area contributed by atoms with Gasteiger partial charge in [-0.3, -0.25) is 4.79 Å². The molecule has 0 radical (unpaired) electrons. The van der Waals surface area contributed by atoms with Crippen LogP contribution in [0.4, 0.5) is 0 Å². The molecule has 90 valence electrons. The number of hydrogen-bond donors (Lipinski definition) is 2. The van der Waals surface area contributed by atoms with Crippen molar-refractivity contribution in [2.24, 2.45) is 5.73 Å². The number of carbonyl (C=O) groups is 1. The van der Waals surface area contributed by atoms with Crippen molar-refractivity contribution in [1.82, 2.24) is 4.98 Å². The lowest BCUT2D eigenvalue weighted by molar-refractivity contribution is -0.138. The molecule has 0 saturated carbocycles. The molecule has 0 saturated heterocycles. The van der Waals surface area contributed by atoms with Crippen molar-refractivity contribution in [1.29, 1.82) is 0 Å². The fourth-order valence-corrected chi connectivity index (χ4v) is 2.94. The molecule has 0 bridgehead atoms. The van der Waals surface area contributed by atoms with Gasteiger partial charge in [-0.25, -0.2) is 4.98 Å². The summed E-state index contributed by atoms with van der Waals surface area (Å²) in [6, 6.07) is 3.20. The minimum Gasteiger partial charge on any atom is -0.480 e. The first kappa shape index (κ1) is 12.2. The molecule has 4 nitrogen and oxygen atoms in total. The van der Waals surface area contributed by atoms with Crippen molar-refractivity contribution in [3.8, 4) is 10.6 Å². The highest BCUT2D eigenvalue weighted by atomic mass is 32.1. The second-order valence-corrected chi connectivity index (χ2v) is 5.48. The van der Waals surface area contributed by atoms with E-state index in [-0.39, 0.29) is 0 Å². The van der Waals surface area contributed by atoms with Crippen LogP contribution in [-0.2, 0) is 11.2 Å². The van der Waals surface area contributed by atoms with Gasteiger partial charge in [0.05, 0.1) is 15.6 Å². The Bertz CT molecular complexity index is 493. The van der Waals surface area contributed by atoms with Crippen LogP contribution in [0, 0.1) is 0 Å². The first-order valence-corrected chi connectivity index (χ1v) is 6.89. The first-order chi connectivity index (χ1) is 8.16. The molecule has 2 aromatic heterocycles. The summed E-state index contributed by atoms with van der Waals surface area (Å²) in [6.45, 7) is 0. The summed E-state index contributed by atoms with van der Waals surface area (Å²) in [4.78, 5) is 16.2. The molecule has 2 rings (SSSR count). The normalized spacial score (nSPS) is 12.5. The van der Waals surface area contributed by atoms with Crippen LogP contribution >= 0.6 is 22.7 Å². The molecule has 2 heterocycles. The average Bonchev–Trinajstić information content (AvgIpc) is 2.95. The maximum Gasteiger partial charge on any atom is 0.320 e. The van der Waals surface area contributed by atoms with E-state index < -0.39 is 12.0 Å². The number of thiophene rings is 1. The Morgan fingerprint density at radius 2 is 2.35 bits per heavy atom. The Labute approximate surface area is 107 Å². The summed E-state index contributed by atoms with van der Waals surface area (Å²) >= 11 is 3.19. The largest absolute Gasteiger partial charge is 0.480 e. The Hall–Kier alpha value is -1.24. The molecule has 0 fully saturated rings. The van der Waals surface area contributed by atoms with Crippen molar-refractivity contribution in [3.05, 3.63) is 27.9 Å². The molecular formula is C11H12N2O2S2. The molecule has 0 aromatic carbocycles. The van der Waals surface area contributed by atoms with Crippen molar-refractivity contribution >= 4 is 28.6 Å². The van der Waals surface area contributed by atoms with Crippen molar-refractivity contribution in [2.75, 3.05) is 0 Å². The highest BCUT2D eigenvalue weighted by Gasteiger charge is 2.12. The number of nitrogens with two attached hydrogens (primary N) is 1. The lowest BCUT2D eigenvalue weighted by Gasteiger charge is -2.03. The van der Waals surface area contributed by atoms with Crippen LogP contribution in [0.3, 0.4) is 0 Å². The number of thiazole rings is 1. The van der Waals surface area contributed by atoms with Gasteiger partial charge in [-0.15, -0.1) is 22.7 Å². The number of aliphatic carboxylic acids is 1. The zero-order valence-corrected chi connectivity index (χ0v) is 10.6. The number of carboxylic acid groups (broad SMARTS) is 1. The lowest BCUT2D eigenvalue weighted by atomic mass is 10.2. The van der Waals surface area contributed by atoms with Gasteiger partial charge in [0.2, 0.25) is 0 Å². The summed E-state index contributed by atoms with van der Waals surface area (Å²) in [6.07, 6.45) is 1.04. The fraction of sp³-hybridized carbons (Fsp3) is 0.273. The van der Waals surface area contributed by atoms with E-state index in [0.29, 0.717) is 12.8 Å². The highest BCUT2D eigenvalue weighted by Crippen LogP contribution is 2.26. The molecule has 1 unspecified atom stereocenters. The summed E-state index contributed by atoms with van der Waals surface area (Å²) in [5.41, 5.74) is 6.41.